The van der Waals surface area contributed by atoms with Crippen molar-refractivity contribution >= 4 is 22.7 Å². The predicted octanol–water partition coefficient (Wildman–Crippen LogP) is 4.54. The van der Waals surface area contributed by atoms with Crippen molar-refractivity contribution in [3.05, 3.63) is 77.0 Å². The number of carbonyl (C=O) groups excluding carboxylic acids is 2. The van der Waals surface area contributed by atoms with Crippen LogP contribution >= 0.6 is 0 Å². The maximum Gasteiger partial charge on any atom is 0.339 e. The number of nitrogens with zero attached hydrogens (tertiary/aromatic N) is 1. The lowest BCUT2D eigenvalue weighted by atomic mass is 9.90. The van der Waals surface area contributed by atoms with Gasteiger partial charge in [0.05, 0.1) is 11.1 Å². The first-order chi connectivity index (χ1) is 13.1. The van der Waals surface area contributed by atoms with Gasteiger partial charge in [-0.3, -0.25) is 9.78 Å². The first kappa shape index (κ1) is 17.4. The molecule has 0 spiro atoms. The van der Waals surface area contributed by atoms with Crippen molar-refractivity contribution in [1.82, 2.24) is 4.98 Å². The monoisotopic (exact) mass is 359 g/mol. The van der Waals surface area contributed by atoms with E-state index in [1.54, 1.807) is 31.2 Å². The van der Waals surface area contributed by atoms with Gasteiger partial charge in [0.25, 0.3) is 0 Å². The molecule has 0 radical (unpaired) electrons. The van der Waals surface area contributed by atoms with Crippen LogP contribution in [0.5, 0.6) is 0 Å². The van der Waals surface area contributed by atoms with E-state index in [9.17, 15) is 9.59 Å². The molecule has 0 aliphatic heterocycles. The maximum atomic E-state index is 13.1. The molecule has 0 bridgehead atoms. The number of para-hydroxylation sites is 1. The van der Waals surface area contributed by atoms with Crippen molar-refractivity contribution in [2.24, 2.45) is 0 Å². The largest absolute Gasteiger partial charge is 0.451 e. The molecule has 27 heavy (non-hydrogen) atoms. The van der Waals surface area contributed by atoms with Crippen LogP contribution in [0.15, 0.2) is 54.6 Å². The Labute approximate surface area is 158 Å². The smallest absolute Gasteiger partial charge is 0.339 e. The van der Waals surface area contributed by atoms with E-state index < -0.39 is 12.1 Å². The molecule has 2 aromatic carbocycles. The number of esters is 1. The number of rotatable bonds is 4. The number of ether oxygens (including phenoxy) is 1. The molecule has 3 aromatic rings. The second kappa shape index (κ2) is 7.31. The van der Waals surface area contributed by atoms with E-state index in [1.165, 1.54) is 0 Å². The number of hydrogen-bond donors (Lipinski definition) is 0. The van der Waals surface area contributed by atoms with E-state index in [-0.39, 0.29) is 5.78 Å². The van der Waals surface area contributed by atoms with Crippen LogP contribution in [0.1, 0.15) is 51.7 Å². The molecule has 1 aliphatic carbocycles. The number of pyridine rings is 1. The van der Waals surface area contributed by atoms with E-state index in [0.717, 1.165) is 47.8 Å². The Morgan fingerprint density at radius 2 is 1.67 bits per heavy atom. The fourth-order valence-electron chi connectivity index (χ4n) is 3.72. The molecular weight excluding hydrogens is 338 g/mol. The number of carbonyl (C=O) groups is 2. The van der Waals surface area contributed by atoms with Crippen LogP contribution < -0.4 is 0 Å². The van der Waals surface area contributed by atoms with Gasteiger partial charge in [0, 0.05) is 16.6 Å². The minimum atomic E-state index is -0.842. The summed E-state index contributed by atoms with van der Waals surface area (Å²) in [5.74, 6) is -0.639. The van der Waals surface area contributed by atoms with E-state index >= 15 is 0 Å². The molecule has 0 saturated heterocycles. The summed E-state index contributed by atoms with van der Waals surface area (Å²) in [6, 6.07) is 16.5. The van der Waals surface area contributed by atoms with Gasteiger partial charge in [0.2, 0.25) is 5.78 Å². The van der Waals surface area contributed by atoms with E-state index in [1.807, 2.05) is 30.3 Å². The fraction of sp³-hybridized carbons (Fsp3) is 0.261. The van der Waals surface area contributed by atoms with Crippen LogP contribution in [0.2, 0.25) is 0 Å². The molecule has 0 N–H and O–H groups in total. The third-order valence-electron chi connectivity index (χ3n) is 5.08. The Hall–Kier alpha value is -3.01. The van der Waals surface area contributed by atoms with Gasteiger partial charge in [-0.2, -0.15) is 0 Å². The molecule has 0 amide bonds. The topological polar surface area (TPSA) is 56.3 Å². The van der Waals surface area contributed by atoms with E-state index in [0.29, 0.717) is 11.1 Å². The van der Waals surface area contributed by atoms with Gasteiger partial charge >= 0.3 is 5.97 Å². The standard InChI is InChI=1S/C23H21NO3/c1-15(22(25)16-9-3-2-4-10-16)27-23(26)21-17-11-5-7-13-19(17)24-20-14-8-6-12-18(20)21/h2-5,7,9-11,13,15H,6,8,12,14H2,1H3/t15-/m0/s1. The number of hydrogen-bond acceptors (Lipinski definition) is 4. The molecule has 1 atom stereocenters. The summed E-state index contributed by atoms with van der Waals surface area (Å²) in [5.41, 5.74) is 3.87. The zero-order valence-electron chi connectivity index (χ0n) is 15.3. The first-order valence-electron chi connectivity index (χ1n) is 9.36. The first-order valence-corrected chi connectivity index (χ1v) is 9.36. The fourth-order valence-corrected chi connectivity index (χ4v) is 3.72. The second-order valence-corrected chi connectivity index (χ2v) is 6.91. The van der Waals surface area contributed by atoms with Crippen LogP contribution in [0.4, 0.5) is 0 Å². The van der Waals surface area contributed by atoms with Gasteiger partial charge in [-0.25, -0.2) is 4.79 Å². The SMILES string of the molecule is C[C@H](OC(=O)c1c2c(nc3ccccc13)CCCC2)C(=O)c1ccccc1. The number of aromatic nitrogens is 1. The highest BCUT2D eigenvalue weighted by atomic mass is 16.5. The molecule has 0 unspecified atom stereocenters. The lowest BCUT2D eigenvalue weighted by molar-refractivity contribution is 0.0319. The number of benzene rings is 2. The lowest BCUT2D eigenvalue weighted by Gasteiger charge is -2.21. The molecule has 4 rings (SSSR count). The molecule has 1 aliphatic rings. The average Bonchev–Trinajstić information content (AvgIpc) is 2.71. The maximum absolute atomic E-state index is 13.1. The highest BCUT2D eigenvalue weighted by Crippen LogP contribution is 2.30. The van der Waals surface area contributed by atoms with E-state index in [4.69, 9.17) is 9.72 Å². The van der Waals surface area contributed by atoms with Gasteiger partial charge in [-0.15, -0.1) is 0 Å². The van der Waals surface area contributed by atoms with E-state index in [2.05, 4.69) is 0 Å². The summed E-state index contributed by atoms with van der Waals surface area (Å²) < 4.78 is 5.61. The van der Waals surface area contributed by atoms with Crippen molar-refractivity contribution in [3.63, 3.8) is 0 Å². The van der Waals surface area contributed by atoms with Gasteiger partial charge < -0.3 is 4.74 Å². The Morgan fingerprint density at radius 1 is 0.963 bits per heavy atom. The lowest BCUT2D eigenvalue weighted by Crippen LogP contribution is -2.26. The van der Waals surface area contributed by atoms with Crippen molar-refractivity contribution in [2.75, 3.05) is 0 Å². The predicted molar refractivity (Wildman–Crippen MR) is 104 cm³/mol. The normalized spacial score (nSPS) is 14.4. The Balaban J connectivity index is 1.69. The van der Waals surface area contributed by atoms with Crippen LogP contribution in [0, 0.1) is 0 Å². The van der Waals surface area contributed by atoms with Gasteiger partial charge in [0.15, 0.2) is 6.10 Å². The minimum Gasteiger partial charge on any atom is -0.451 e. The van der Waals surface area contributed by atoms with Crippen molar-refractivity contribution in [2.45, 2.75) is 38.7 Å². The van der Waals surface area contributed by atoms with Crippen LogP contribution in [0.3, 0.4) is 0 Å². The molecule has 4 nitrogen and oxygen atoms in total. The highest BCUT2D eigenvalue weighted by Gasteiger charge is 2.26. The Kier molecular flexibility index (Phi) is 4.71. The van der Waals surface area contributed by atoms with Crippen LogP contribution in [0.25, 0.3) is 10.9 Å². The molecule has 136 valence electrons. The Morgan fingerprint density at radius 3 is 2.48 bits per heavy atom. The van der Waals surface area contributed by atoms with Gasteiger partial charge in [0.1, 0.15) is 0 Å². The summed E-state index contributed by atoms with van der Waals surface area (Å²) in [4.78, 5) is 30.4. The molecule has 0 saturated carbocycles. The molecule has 1 heterocycles. The number of aryl methyl sites for hydroxylation is 1. The van der Waals surface area contributed by atoms with Gasteiger partial charge in [-0.05, 0) is 44.2 Å². The Bertz CT molecular complexity index is 1010. The van der Waals surface area contributed by atoms with Crippen molar-refractivity contribution in [3.8, 4) is 0 Å². The molecule has 0 fully saturated rings. The average molecular weight is 359 g/mol. The van der Waals surface area contributed by atoms with Gasteiger partial charge in [-0.1, -0.05) is 48.5 Å². The molecule has 1 aromatic heterocycles. The minimum absolute atomic E-state index is 0.198. The summed E-state index contributed by atoms with van der Waals surface area (Å²) in [7, 11) is 0. The third kappa shape index (κ3) is 3.35. The summed E-state index contributed by atoms with van der Waals surface area (Å²) >= 11 is 0. The molecular formula is C23H21NO3. The zero-order valence-corrected chi connectivity index (χ0v) is 15.3. The molecule has 4 heteroatoms. The summed E-state index contributed by atoms with van der Waals surface area (Å²) in [5, 5.41) is 0.794. The van der Waals surface area contributed by atoms with Crippen LogP contribution in [-0.4, -0.2) is 22.8 Å². The van der Waals surface area contributed by atoms with Crippen LogP contribution in [-0.2, 0) is 17.6 Å². The quantitative estimate of drug-likeness (QED) is 0.507. The van der Waals surface area contributed by atoms with Crippen molar-refractivity contribution in [1.29, 1.82) is 0 Å². The third-order valence-corrected chi connectivity index (χ3v) is 5.08. The zero-order chi connectivity index (χ0) is 18.8. The second-order valence-electron chi connectivity index (χ2n) is 6.91. The van der Waals surface area contributed by atoms with Crippen molar-refractivity contribution < 1.29 is 14.3 Å². The number of Topliss-reactive ketones (excluding diaryl/α,β-unsaturated/α-hetero) is 1. The number of ketones is 1. The summed E-state index contributed by atoms with van der Waals surface area (Å²) in [6.07, 6.45) is 2.96. The highest BCUT2D eigenvalue weighted by molar-refractivity contribution is 6.07. The number of fused-ring (bicyclic) bond motifs is 2. The summed E-state index contributed by atoms with van der Waals surface area (Å²) in [6.45, 7) is 1.63.